The number of hydrazine groups is 1. The lowest BCUT2D eigenvalue weighted by atomic mass is 10.1. The monoisotopic (exact) mass is 428 g/mol. The predicted molar refractivity (Wildman–Crippen MR) is 113 cm³/mol. The Morgan fingerprint density at radius 1 is 0.933 bits per heavy atom. The van der Waals surface area contributed by atoms with Gasteiger partial charge >= 0.3 is 5.69 Å². The average molecular weight is 428 g/mol. The van der Waals surface area contributed by atoms with Gasteiger partial charge in [0.25, 0.3) is 10.0 Å². The lowest BCUT2D eigenvalue weighted by Crippen LogP contribution is -2.30. The van der Waals surface area contributed by atoms with E-state index in [-0.39, 0.29) is 16.5 Å². The zero-order valence-electron chi connectivity index (χ0n) is 16.5. The fraction of sp³-hybridized carbons (Fsp3) is 0.158. The molecule has 3 rings (SSSR count). The quantitative estimate of drug-likeness (QED) is 0.384. The van der Waals surface area contributed by atoms with Crippen molar-refractivity contribution in [2.45, 2.75) is 25.7 Å². The molecule has 0 aliphatic rings. The van der Waals surface area contributed by atoms with Gasteiger partial charge in [-0.15, -0.1) is 4.83 Å². The van der Waals surface area contributed by atoms with Gasteiger partial charge in [-0.05, 0) is 44.5 Å². The summed E-state index contributed by atoms with van der Waals surface area (Å²) in [6.07, 6.45) is 1.10. The highest BCUT2D eigenvalue weighted by atomic mass is 32.2. The smallest absolute Gasteiger partial charge is 0.334 e. The summed E-state index contributed by atoms with van der Waals surface area (Å²) in [6, 6.07) is 11.7. The largest absolute Gasteiger partial charge is 0.354 e. The zero-order chi connectivity index (χ0) is 21.9. The number of nitrogens with zero attached hydrogens (tertiary/aromatic N) is 3. The van der Waals surface area contributed by atoms with E-state index in [0.29, 0.717) is 5.69 Å². The molecule has 0 amide bonds. The highest BCUT2D eigenvalue weighted by Gasteiger charge is 2.25. The third-order valence-electron chi connectivity index (χ3n) is 4.27. The number of aromatic nitrogens is 2. The van der Waals surface area contributed by atoms with Crippen LogP contribution in [0.4, 0.5) is 23.0 Å². The molecule has 0 atom stereocenters. The molecule has 1 aromatic heterocycles. The van der Waals surface area contributed by atoms with Crippen LogP contribution in [-0.2, 0) is 10.0 Å². The van der Waals surface area contributed by atoms with Gasteiger partial charge in [0.1, 0.15) is 6.33 Å². The first-order valence-electron chi connectivity index (χ1n) is 8.85. The van der Waals surface area contributed by atoms with Crippen molar-refractivity contribution in [1.29, 1.82) is 0 Å². The Bertz CT molecular complexity index is 1200. The summed E-state index contributed by atoms with van der Waals surface area (Å²) >= 11 is 0. The molecule has 0 aliphatic heterocycles. The number of hydrogen-bond acceptors (Lipinski definition) is 8. The van der Waals surface area contributed by atoms with Gasteiger partial charge < -0.3 is 5.32 Å². The SMILES string of the molecule is Cc1ccc(S(=O)(=O)NNc2ncnc(Nc3ccc(C)cc3C)c2[N+](=O)[O-])cc1. The number of rotatable bonds is 7. The molecular weight excluding hydrogens is 408 g/mol. The predicted octanol–water partition coefficient (Wildman–Crippen LogP) is 3.36. The molecule has 0 saturated carbocycles. The van der Waals surface area contributed by atoms with Crippen LogP contribution in [0.5, 0.6) is 0 Å². The van der Waals surface area contributed by atoms with Crippen molar-refractivity contribution in [1.82, 2.24) is 14.8 Å². The summed E-state index contributed by atoms with van der Waals surface area (Å²) in [7, 11) is -3.97. The molecule has 10 nitrogen and oxygen atoms in total. The van der Waals surface area contributed by atoms with Gasteiger partial charge in [-0.25, -0.2) is 18.4 Å². The third-order valence-corrected chi connectivity index (χ3v) is 5.54. The number of nitro groups is 1. The number of anilines is 3. The maximum atomic E-state index is 12.4. The van der Waals surface area contributed by atoms with Gasteiger partial charge in [0.05, 0.1) is 9.82 Å². The van der Waals surface area contributed by atoms with Crippen molar-refractivity contribution in [3.63, 3.8) is 0 Å². The molecule has 30 heavy (non-hydrogen) atoms. The Kier molecular flexibility index (Phi) is 5.94. The van der Waals surface area contributed by atoms with Gasteiger partial charge in [0, 0.05) is 5.69 Å². The van der Waals surface area contributed by atoms with Crippen LogP contribution < -0.4 is 15.6 Å². The van der Waals surface area contributed by atoms with Crippen molar-refractivity contribution in [3.8, 4) is 0 Å². The normalized spacial score (nSPS) is 11.2. The Morgan fingerprint density at radius 2 is 1.57 bits per heavy atom. The molecule has 0 saturated heterocycles. The maximum Gasteiger partial charge on any atom is 0.354 e. The van der Waals surface area contributed by atoms with E-state index in [1.54, 1.807) is 18.2 Å². The van der Waals surface area contributed by atoms with Crippen molar-refractivity contribution >= 4 is 33.0 Å². The summed E-state index contributed by atoms with van der Waals surface area (Å²) in [5, 5.41) is 14.6. The third kappa shape index (κ3) is 4.70. The van der Waals surface area contributed by atoms with Crippen LogP contribution in [0.25, 0.3) is 0 Å². The lowest BCUT2D eigenvalue weighted by molar-refractivity contribution is -0.383. The van der Waals surface area contributed by atoms with Gasteiger partial charge in [-0.1, -0.05) is 35.4 Å². The lowest BCUT2D eigenvalue weighted by Gasteiger charge is -2.12. The summed E-state index contributed by atoms with van der Waals surface area (Å²) in [4.78, 5) is 20.9. The Balaban J connectivity index is 1.89. The van der Waals surface area contributed by atoms with Crippen LogP contribution in [-0.4, -0.2) is 23.3 Å². The van der Waals surface area contributed by atoms with Crippen LogP contribution in [0.3, 0.4) is 0 Å². The van der Waals surface area contributed by atoms with Crippen molar-refractivity contribution in [2.24, 2.45) is 0 Å². The van der Waals surface area contributed by atoms with Gasteiger partial charge in [-0.3, -0.25) is 15.5 Å². The standard InChI is InChI=1S/C19H20N6O4S/c1-12-4-7-15(8-5-12)30(28,29)24-23-19-17(25(26)27)18(20-11-21-19)22-16-9-6-13(2)10-14(16)3/h4-11,24H,1-3H3,(H2,20,21,22,23). The molecule has 0 spiro atoms. The van der Waals surface area contributed by atoms with Crippen molar-refractivity contribution < 1.29 is 13.3 Å². The molecule has 0 radical (unpaired) electrons. The van der Waals surface area contributed by atoms with E-state index in [1.807, 2.05) is 32.9 Å². The zero-order valence-corrected chi connectivity index (χ0v) is 17.3. The van der Waals surface area contributed by atoms with E-state index in [9.17, 15) is 18.5 Å². The van der Waals surface area contributed by atoms with E-state index >= 15 is 0 Å². The molecule has 3 N–H and O–H groups in total. The topological polar surface area (TPSA) is 139 Å². The second-order valence-electron chi connectivity index (χ2n) is 6.66. The van der Waals surface area contributed by atoms with Gasteiger partial charge in [0.15, 0.2) is 0 Å². The van der Waals surface area contributed by atoms with E-state index in [1.165, 1.54) is 12.1 Å². The fourth-order valence-electron chi connectivity index (χ4n) is 2.71. The first kappa shape index (κ1) is 21.1. The van der Waals surface area contributed by atoms with Gasteiger partial charge in [0.2, 0.25) is 11.6 Å². The molecule has 2 aromatic carbocycles. The maximum absolute atomic E-state index is 12.4. The Morgan fingerprint density at radius 3 is 2.20 bits per heavy atom. The summed E-state index contributed by atoms with van der Waals surface area (Å²) in [5.74, 6) is -0.364. The molecule has 156 valence electrons. The minimum Gasteiger partial charge on any atom is -0.334 e. The number of benzene rings is 2. The minimum absolute atomic E-state index is 0.00550. The van der Waals surface area contributed by atoms with E-state index in [2.05, 4.69) is 25.5 Å². The van der Waals surface area contributed by atoms with Crippen LogP contribution in [0, 0.1) is 30.9 Å². The highest BCUT2D eigenvalue weighted by molar-refractivity contribution is 7.89. The van der Waals surface area contributed by atoms with Crippen LogP contribution in [0.1, 0.15) is 16.7 Å². The summed E-state index contributed by atoms with van der Waals surface area (Å²) in [5.41, 5.74) is 5.28. The van der Waals surface area contributed by atoms with E-state index < -0.39 is 20.6 Å². The van der Waals surface area contributed by atoms with Crippen LogP contribution >= 0.6 is 0 Å². The average Bonchev–Trinajstić information content (AvgIpc) is 2.69. The van der Waals surface area contributed by atoms with E-state index in [0.717, 1.165) is 23.0 Å². The molecule has 0 bridgehead atoms. The minimum atomic E-state index is -3.97. The summed E-state index contributed by atoms with van der Waals surface area (Å²) < 4.78 is 24.9. The van der Waals surface area contributed by atoms with Crippen LogP contribution in [0.2, 0.25) is 0 Å². The molecule has 0 fully saturated rings. The van der Waals surface area contributed by atoms with Crippen molar-refractivity contribution in [2.75, 3.05) is 10.7 Å². The van der Waals surface area contributed by atoms with E-state index in [4.69, 9.17) is 0 Å². The molecule has 0 aliphatic carbocycles. The fourth-order valence-corrected chi connectivity index (χ4v) is 3.55. The highest BCUT2D eigenvalue weighted by Crippen LogP contribution is 2.32. The number of aryl methyl sites for hydroxylation is 3. The number of hydrogen-bond donors (Lipinski definition) is 3. The molecule has 1 heterocycles. The van der Waals surface area contributed by atoms with Crippen LogP contribution in [0.15, 0.2) is 53.7 Å². The Labute approximate surface area is 173 Å². The number of nitrogens with one attached hydrogen (secondary N) is 3. The van der Waals surface area contributed by atoms with Crippen molar-refractivity contribution in [3.05, 3.63) is 75.6 Å². The second-order valence-corrected chi connectivity index (χ2v) is 8.35. The van der Waals surface area contributed by atoms with Gasteiger partial charge in [-0.2, -0.15) is 0 Å². The first-order chi connectivity index (χ1) is 14.2. The molecular formula is C19H20N6O4S. The molecule has 11 heteroatoms. The molecule has 0 unspecified atom stereocenters. The second kappa shape index (κ2) is 8.43. The summed E-state index contributed by atoms with van der Waals surface area (Å²) in [6.45, 7) is 5.62. The Hall–Kier alpha value is -3.57. The number of sulfonamides is 1. The molecule has 3 aromatic rings. The first-order valence-corrected chi connectivity index (χ1v) is 10.3.